The molecule has 0 spiro atoms. The SMILES string of the molecule is O=C(NO)C1(NS(=O)(=O)c2ccc(Oc3ccc(F)cc3)cc2)CC1. The van der Waals surface area contributed by atoms with Gasteiger partial charge in [-0.1, -0.05) is 0 Å². The number of hydroxylamine groups is 1. The van der Waals surface area contributed by atoms with Gasteiger partial charge in [0.25, 0.3) is 5.91 Å². The molecule has 1 aliphatic carbocycles. The molecule has 3 rings (SSSR count). The van der Waals surface area contributed by atoms with Crippen molar-refractivity contribution in [1.29, 1.82) is 0 Å². The van der Waals surface area contributed by atoms with Crippen LogP contribution in [0.3, 0.4) is 0 Å². The molecule has 2 aromatic carbocycles. The minimum absolute atomic E-state index is 0.0454. The number of nitrogens with one attached hydrogen (secondary N) is 2. The van der Waals surface area contributed by atoms with E-state index in [9.17, 15) is 17.6 Å². The zero-order valence-electron chi connectivity index (χ0n) is 12.9. The van der Waals surface area contributed by atoms with Crippen LogP contribution >= 0.6 is 0 Å². The molecule has 132 valence electrons. The Hall–Kier alpha value is -2.49. The fourth-order valence-electron chi connectivity index (χ4n) is 2.25. The van der Waals surface area contributed by atoms with Crippen LogP contribution in [-0.2, 0) is 14.8 Å². The van der Waals surface area contributed by atoms with Crippen molar-refractivity contribution >= 4 is 15.9 Å². The van der Waals surface area contributed by atoms with Gasteiger partial charge >= 0.3 is 0 Å². The lowest BCUT2D eigenvalue weighted by molar-refractivity contribution is -0.131. The second-order valence-electron chi connectivity index (χ2n) is 5.66. The van der Waals surface area contributed by atoms with Crippen LogP contribution in [0.1, 0.15) is 12.8 Å². The standard InChI is InChI=1S/C16H15FN2O5S/c17-11-1-3-12(4-2-11)24-13-5-7-14(8-6-13)25(22,23)19-16(9-10-16)15(20)18-21/h1-8,19,21H,9-10H2,(H,18,20). The maximum atomic E-state index is 12.9. The van der Waals surface area contributed by atoms with Gasteiger partial charge in [0, 0.05) is 0 Å². The number of halogens is 1. The molecule has 1 saturated carbocycles. The summed E-state index contributed by atoms with van der Waals surface area (Å²) in [5.74, 6) is -0.389. The molecule has 0 unspecified atom stereocenters. The first-order valence-corrected chi connectivity index (χ1v) is 8.85. The van der Waals surface area contributed by atoms with Gasteiger partial charge in [0.2, 0.25) is 10.0 Å². The summed E-state index contributed by atoms with van der Waals surface area (Å²) in [6.07, 6.45) is 0.620. The predicted molar refractivity (Wildman–Crippen MR) is 85.1 cm³/mol. The fourth-order valence-corrected chi connectivity index (χ4v) is 3.67. The number of benzene rings is 2. The van der Waals surface area contributed by atoms with E-state index in [2.05, 4.69) is 4.72 Å². The van der Waals surface area contributed by atoms with Gasteiger partial charge in [-0.05, 0) is 61.4 Å². The fraction of sp³-hybridized carbons (Fsp3) is 0.188. The van der Waals surface area contributed by atoms with Crippen LogP contribution < -0.4 is 14.9 Å². The van der Waals surface area contributed by atoms with E-state index in [-0.39, 0.29) is 10.7 Å². The first kappa shape index (κ1) is 17.3. The molecule has 1 amide bonds. The highest BCUT2D eigenvalue weighted by Crippen LogP contribution is 2.37. The minimum Gasteiger partial charge on any atom is -0.457 e. The molecule has 0 radical (unpaired) electrons. The van der Waals surface area contributed by atoms with Crippen LogP contribution in [0.4, 0.5) is 4.39 Å². The smallest absolute Gasteiger partial charge is 0.264 e. The van der Waals surface area contributed by atoms with Gasteiger partial charge in [0.05, 0.1) is 4.90 Å². The molecule has 0 aliphatic heterocycles. The first-order valence-electron chi connectivity index (χ1n) is 7.37. The summed E-state index contributed by atoms with van der Waals surface area (Å²) in [5, 5.41) is 8.70. The van der Waals surface area contributed by atoms with Gasteiger partial charge in [-0.25, -0.2) is 18.3 Å². The van der Waals surface area contributed by atoms with E-state index < -0.39 is 21.5 Å². The second-order valence-corrected chi connectivity index (χ2v) is 7.34. The van der Waals surface area contributed by atoms with Crippen LogP contribution in [0.15, 0.2) is 53.4 Å². The summed E-state index contributed by atoms with van der Waals surface area (Å²) in [6.45, 7) is 0. The highest BCUT2D eigenvalue weighted by molar-refractivity contribution is 7.89. The van der Waals surface area contributed by atoms with E-state index >= 15 is 0 Å². The quantitative estimate of drug-likeness (QED) is 0.535. The number of amides is 1. The number of carbonyl (C=O) groups excluding carboxylic acids is 1. The van der Waals surface area contributed by atoms with Gasteiger partial charge in [-0.15, -0.1) is 0 Å². The molecule has 1 aliphatic rings. The molecular formula is C16H15FN2O5S. The van der Waals surface area contributed by atoms with Gasteiger partial charge in [-0.2, -0.15) is 4.72 Å². The average molecular weight is 366 g/mol. The van der Waals surface area contributed by atoms with Crippen molar-refractivity contribution in [2.45, 2.75) is 23.3 Å². The van der Waals surface area contributed by atoms with Crippen LogP contribution in [0.5, 0.6) is 11.5 Å². The molecule has 1 fully saturated rings. The second kappa shape index (κ2) is 6.43. The average Bonchev–Trinajstić information content (AvgIpc) is 3.37. The Morgan fingerprint density at radius 1 is 1.04 bits per heavy atom. The summed E-state index contributed by atoms with van der Waals surface area (Å²) >= 11 is 0. The van der Waals surface area contributed by atoms with Crippen molar-refractivity contribution < 1.29 is 27.5 Å². The Morgan fingerprint density at radius 2 is 1.56 bits per heavy atom. The Kier molecular flexibility index (Phi) is 4.46. The lowest BCUT2D eigenvalue weighted by atomic mass is 10.3. The zero-order chi connectivity index (χ0) is 18.1. The number of carbonyl (C=O) groups is 1. The first-order chi connectivity index (χ1) is 11.8. The predicted octanol–water partition coefficient (Wildman–Crippen LogP) is 1.93. The molecule has 0 atom stereocenters. The highest BCUT2D eigenvalue weighted by atomic mass is 32.2. The minimum atomic E-state index is -3.93. The topological polar surface area (TPSA) is 105 Å². The molecular weight excluding hydrogens is 351 g/mol. The monoisotopic (exact) mass is 366 g/mol. The van der Waals surface area contributed by atoms with Crippen molar-refractivity contribution in [2.75, 3.05) is 0 Å². The molecule has 7 nitrogen and oxygen atoms in total. The molecule has 0 bridgehead atoms. The molecule has 0 saturated heterocycles. The van der Waals surface area contributed by atoms with E-state index in [4.69, 9.17) is 9.94 Å². The summed E-state index contributed by atoms with van der Waals surface area (Å²) in [5.41, 5.74) is 0.175. The lowest BCUT2D eigenvalue weighted by Crippen LogP contribution is -2.48. The summed E-state index contributed by atoms with van der Waals surface area (Å²) in [7, 11) is -3.93. The number of ether oxygens (including phenoxy) is 1. The Bertz CT molecular complexity index is 878. The van der Waals surface area contributed by atoms with Crippen LogP contribution in [0.2, 0.25) is 0 Å². The molecule has 2 aromatic rings. The molecule has 9 heteroatoms. The van der Waals surface area contributed by atoms with Crippen LogP contribution in [-0.4, -0.2) is 25.1 Å². The van der Waals surface area contributed by atoms with Gasteiger partial charge < -0.3 is 4.74 Å². The lowest BCUT2D eigenvalue weighted by Gasteiger charge is -2.15. The van der Waals surface area contributed by atoms with Crippen molar-refractivity contribution in [2.24, 2.45) is 0 Å². The van der Waals surface area contributed by atoms with Crippen LogP contribution in [0, 0.1) is 5.82 Å². The van der Waals surface area contributed by atoms with Crippen molar-refractivity contribution in [1.82, 2.24) is 10.2 Å². The van der Waals surface area contributed by atoms with Crippen LogP contribution in [0.25, 0.3) is 0 Å². The maximum absolute atomic E-state index is 12.9. The Labute approximate surface area is 143 Å². The van der Waals surface area contributed by atoms with Gasteiger partial charge in [0.1, 0.15) is 22.9 Å². The van der Waals surface area contributed by atoms with Gasteiger partial charge in [-0.3, -0.25) is 10.0 Å². The summed E-state index contributed by atoms with van der Waals surface area (Å²) < 4.78 is 45.4. The van der Waals surface area contributed by atoms with Crippen molar-refractivity contribution in [3.8, 4) is 11.5 Å². The Morgan fingerprint density at radius 3 is 2.04 bits per heavy atom. The molecule has 3 N–H and O–H groups in total. The summed E-state index contributed by atoms with van der Waals surface area (Å²) in [6, 6.07) is 11.0. The number of hydrogen-bond acceptors (Lipinski definition) is 5. The number of sulfonamides is 1. The third kappa shape index (κ3) is 3.78. The normalized spacial score (nSPS) is 15.4. The zero-order valence-corrected chi connectivity index (χ0v) is 13.7. The number of hydrogen-bond donors (Lipinski definition) is 3. The van der Waals surface area contributed by atoms with Gasteiger partial charge in [0.15, 0.2) is 0 Å². The molecule has 0 aromatic heterocycles. The van der Waals surface area contributed by atoms with E-state index in [1.54, 1.807) is 0 Å². The maximum Gasteiger partial charge on any atom is 0.264 e. The summed E-state index contributed by atoms with van der Waals surface area (Å²) in [4.78, 5) is 11.5. The van der Waals surface area contributed by atoms with Crippen molar-refractivity contribution in [3.63, 3.8) is 0 Å². The van der Waals surface area contributed by atoms with Crippen molar-refractivity contribution in [3.05, 3.63) is 54.3 Å². The molecule has 25 heavy (non-hydrogen) atoms. The van der Waals surface area contributed by atoms with E-state index in [0.29, 0.717) is 24.3 Å². The van der Waals surface area contributed by atoms with E-state index in [1.807, 2.05) is 0 Å². The third-order valence-electron chi connectivity index (χ3n) is 3.80. The largest absolute Gasteiger partial charge is 0.457 e. The van der Waals surface area contributed by atoms with E-state index in [0.717, 1.165) is 0 Å². The van der Waals surface area contributed by atoms with E-state index in [1.165, 1.54) is 54.0 Å². The highest BCUT2D eigenvalue weighted by Gasteiger charge is 2.52. The molecule has 0 heterocycles. The third-order valence-corrected chi connectivity index (χ3v) is 5.35. The number of rotatable bonds is 6. The Balaban J connectivity index is 1.73.